The predicted octanol–water partition coefficient (Wildman–Crippen LogP) is 5.38. The van der Waals surface area contributed by atoms with Crippen LogP contribution < -0.4 is 9.47 Å². The number of hydrogen-bond donors (Lipinski definition) is 0. The summed E-state index contributed by atoms with van der Waals surface area (Å²) in [5, 5.41) is 0. The number of rotatable bonds is 10. The van der Waals surface area contributed by atoms with Crippen LogP contribution in [0.25, 0.3) is 0 Å². The predicted molar refractivity (Wildman–Crippen MR) is 128 cm³/mol. The van der Waals surface area contributed by atoms with Crippen LogP contribution >= 0.6 is 0 Å². The van der Waals surface area contributed by atoms with Gasteiger partial charge in [0.2, 0.25) is 0 Å². The van der Waals surface area contributed by atoms with Gasteiger partial charge in [0, 0.05) is 0 Å². The SMILES string of the molecule is CC(C)c1cc(OCC2CO2)ccc1C(=O)OC1(c2ccc(OCC3CO3)cc2)CCCCC1. The zero-order valence-electron chi connectivity index (χ0n) is 20.1. The molecule has 2 heterocycles. The fourth-order valence-corrected chi connectivity index (χ4v) is 4.66. The molecule has 3 fully saturated rings. The van der Waals surface area contributed by atoms with Gasteiger partial charge in [-0.15, -0.1) is 0 Å². The van der Waals surface area contributed by atoms with Crippen molar-refractivity contribution in [3.05, 3.63) is 59.2 Å². The van der Waals surface area contributed by atoms with E-state index in [2.05, 4.69) is 13.8 Å². The van der Waals surface area contributed by atoms with Crippen molar-refractivity contribution in [3.8, 4) is 11.5 Å². The van der Waals surface area contributed by atoms with Gasteiger partial charge in [0.15, 0.2) is 0 Å². The number of benzene rings is 2. The van der Waals surface area contributed by atoms with Crippen LogP contribution in [0.5, 0.6) is 11.5 Å². The molecule has 2 unspecified atom stereocenters. The van der Waals surface area contributed by atoms with Crippen molar-refractivity contribution in [2.24, 2.45) is 0 Å². The number of hydrogen-bond acceptors (Lipinski definition) is 6. The van der Waals surface area contributed by atoms with Crippen molar-refractivity contribution in [2.75, 3.05) is 26.4 Å². The van der Waals surface area contributed by atoms with Crippen LogP contribution in [0.15, 0.2) is 42.5 Å². The van der Waals surface area contributed by atoms with Gasteiger partial charge in [-0.2, -0.15) is 0 Å². The molecular weight excluding hydrogens is 432 g/mol. The second-order valence-electron chi connectivity index (χ2n) is 9.91. The Morgan fingerprint density at radius 1 is 0.912 bits per heavy atom. The van der Waals surface area contributed by atoms with Crippen molar-refractivity contribution in [3.63, 3.8) is 0 Å². The van der Waals surface area contributed by atoms with E-state index < -0.39 is 5.60 Å². The van der Waals surface area contributed by atoms with Crippen molar-refractivity contribution in [2.45, 2.75) is 69.7 Å². The summed E-state index contributed by atoms with van der Waals surface area (Å²) in [6.45, 7) is 6.81. The van der Waals surface area contributed by atoms with Crippen molar-refractivity contribution < 1.29 is 28.5 Å². The Morgan fingerprint density at radius 3 is 2.09 bits per heavy atom. The van der Waals surface area contributed by atoms with E-state index in [1.165, 1.54) is 0 Å². The zero-order chi connectivity index (χ0) is 23.5. The third kappa shape index (κ3) is 5.56. The van der Waals surface area contributed by atoms with Gasteiger partial charge in [0.25, 0.3) is 0 Å². The first-order valence-corrected chi connectivity index (χ1v) is 12.5. The Hall–Kier alpha value is -2.57. The maximum atomic E-state index is 13.5. The second-order valence-corrected chi connectivity index (χ2v) is 9.91. The van der Waals surface area contributed by atoms with Gasteiger partial charge in [-0.25, -0.2) is 4.79 Å². The van der Waals surface area contributed by atoms with Gasteiger partial charge in [-0.1, -0.05) is 32.4 Å². The largest absolute Gasteiger partial charge is 0.491 e. The van der Waals surface area contributed by atoms with Crippen LogP contribution in [-0.2, 0) is 19.8 Å². The quantitative estimate of drug-likeness (QED) is 0.346. The van der Waals surface area contributed by atoms with E-state index in [0.717, 1.165) is 67.9 Å². The first kappa shape index (κ1) is 23.2. The van der Waals surface area contributed by atoms with Crippen molar-refractivity contribution in [1.82, 2.24) is 0 Å². The zero-order valence-corrected chi connectivity index (χ0v) is 20.1. The molecular formula is C28H34O6. The van der Waals surface area contributed by atoms with Crippen LogP contribution in [0.4, 0.5) is 0 Å². The minimum absolute atomic E-state index is 0.164. The number of esters is 1. The fourth-order valence-electron chi connectivity index (χ4n) is 4.66. The van der Waals surface area contributed by atoms with Crippen molar-refractivity contribution >= 4 is 5.97 Å². The molecule has 2 aromatic rings. The lowest BCUT2D eigenvalue weighted by molar-refractivity contribution is -0.0418. The topological polar surface area (TPSA) is 69.8 Å². The Kier molecular flexibility index (Phi) is 6.79. The molecule has 2 atom stereocenters. The molecule has 2 saturated heterocycles. The Bertz CT molecular complexity index is 984. The molecule has 2 aliphatic heterocycles. The molecule has 6 nitrogen and oxygen atoms in total. The van der Waals surface area contributed by atoms with Gasteiger partial charge < -0.3 is 23.7 Å². The lowest BCUT2D eigenvalue weighted by Gasteiger charge is -2.37. The fraction of sp³-hybridized carbons (Fsp3) is 0.536. The molecule has 6 heteroatoms. The molecule has 0 N–H and O–H groups in total. The summed E-state index contributed by atoms with van der Waals surface area (Å²) in [6.07, 6.45) is 5.31. The Morgan fingerprint density at radius 2 is 1.50 bits per heavy atom. The summed E-state index contributed by atoms with van der Waals surface area (Å²) in [5.41, 5.74) is 1.97. The molecule has 182 valence electrons. The summed E-state index contributed by atoms with van der Waals surface area (Å²) in [6, 6.07) is 13.7. The number of carbonyl (C=O) groups excluding carboxylic acids is 1. The Balaban J connectivity index is 1.34. The molecule has 0 radical (unpaired) electrons. The van der Waals surface area contributed by atoms with Crippen LogP contribution in [0.2, 0.25) is 0 Å². The second kappa shape index (κ2) is 9.96. The lowest BCUT2D eigenvalue weighted by atomic mass is 9.79. The van der Waals surface area contributed by atoms with E-state index in [4.69, 9.17) is 23.7 Å². The molecule has 0 bridgehead atoms. The van der Waals surface area contributed by atoms with E-state index in [1.807, 2.05) is 42.5 Å². The number of ether oxygens (including phenoxy) is 5. The van der Waals surface area contributed by atoms with Gasteiger partial charge in [-0.05, 0) is 73.1 Å². The molecule has 0 aromatic heterocycles. The highest BCUT2D eigenvalue weighted by Crippen LogP contribution is 2.42. The molecule has 3 aliphatic rings. The molecule has 1 aliphatic carbocycles. The van der Waals surface area contributed by atoms with E-state index in [1.54, 1.807) is 0 Å². The summed E-state index contributed by atoms with van der Waals surface area (Å²) < 4.78 is 28.5. The van der Waals surface area contributed by atoms with Gasteiger partial charge in [0.1, 0.15) is 42.5 Å². The molecule has 0 spiro atoms. The monoisotopic (exact) mass is 466 g/mol. The highest BCUT2D eigenvalue weighted by molar-refractivity contribution is 5.92. The van der Waals surface area contributed by atoms with Crippen LogP contribution in [-0.4, -0.2) is 44.6 Å². The molecule has 1 saturated carbocycles. The van der Waals surface area contributed by atoms with E-state index >= 15 is 0 Å². The van der Waals surface area contributed by atoms with Crippen LogP contribution in [0.1, 0.15) is 73.4 Å². The average molecular weight is 467 g/mol. The minimum Gasteiger partial charge on any atom is -0.491 e. The molecule has 2 aromatic carbocycles. The van der Waals surface area contributed by atoms with Gasteiger partial charge >= 0.3 is 5.97 Å². The highest BCUT2D eigenvalue weighted by Gasteiger charge is 2.38. The number of carbonyl (C=O) groups is 1. The molecule has 5 rings (SSSR count). The third-order valence-electron chi connectivity index (χ3n) is 6.87. The summed E-state index contributed by atoms with van der Waals surface area (Å²) in [4.78, 5) is 13.5. The number of epoxide rings is 2. The average Bonchev–Trinajstić information content (AvgIpc) is 3.77. The van der Waals surface area contributed by atoms with Crippen molar-refractivity contribution in [1.29, 1.82) is 0 Å². The van der Waals surface area contributed by atoms with E-state index in [0.29, 0.717) is 18.8 Å². The summed E-state index contributed by atoms with van der Waals surface area (Å²) in [5.74, 6) is 1.47. The standard InChI is InChI=1S/C28H34O6/c1-19(2)26-14-22(31-16-24-18-33-24)10-11-25(26)27(29)34-28(12-4-3-5-13-28)20-6-8-21(9-7-20)30-15-23-17-32-23/h6-11,14,19,23-24H,3-5,12-13,15-18H2,1-2H3. The lowest BCUT2D eigenvalue weighted by Crippen LogP contribution is -2.35. The highest BCUT2D eigenvalue weighted by atomic mass is 16.6. The van der Waals surface area contributed by atoms with Crippen LogP contribution in [0.3, 0.4) is 0 Å². The third-order valence-corrected chi connectivity index (χ3v) is 6.87. The van der Waals surface area contributed by atoms with Crippen LogP contribution in [0, 0.1) is 0 Å². The summed E-state index contributed by atoms with van der Waals surface area (Å²) in [7, 11) is 0. The first-order valence-electron chi connectivity index (χ1n) is 12.5. The maximum absolute atomic E-state index is 13.5. The first-order chi connectivity index (χ1) is 16.5. The summed E-state index contributed by atoms with van der Waals surface area (Å²) >= 11 is 0. The van der Waals surface area contributed by atoms with Gasteiger partial charge in [0.05, 0.1) is 18.8 Å². The Labute approximate surface area is 201 Å². The molecule has 34 heavy (non-hydrogen) atoms. The molecule has 0 amide bonds. The smallest absolute Gasteiger partial charge is 0.339 e. The maximum Gasteiger partial charge on any atom is 0.339 e. The van der Waals surface area contributed by atoms with Gasteiger partial charge in [-0.3, -0.25) is 0 Å². The van der Waals surface area contributed by atoms with E-state index in [9.17, 15) is 4.79 Å². The normalized spacial score (nSPS) is 22.8. The van der Waals surface area contributed by atoms with E-state index in [-0.39, 0.29) is 24.1 Å². The minimum atomic E-state index is -0.611.